The Kier molecular flexibility index (Phi) is 4.54. The van der Waals surface area contributed by atoms with Crippen LogP contribution in [0.3, 0.4) is 0 Å². The topological polar surface area (TPSA) is 79.3 Å². The molecule has 2 rings (SSSR count). The van der Waals surface area contributed by atoms with Gasteiger partial charge >= 0.3 is 0 Å². The standard InChI is InChI=1S/C13H16N2O3S2/c1-9-3-4-12(5-11(9)7-16)20(17,18)14-6-13-15-10(2)8-19-13/h3-5,8,14,16H,6-7H2,1-2H3. The van der Waals surface area contributed by atoms with E-state index in [0.29, 0.717) is 5.56 Å². The summed E-state index contributed by atoms with van der Waals surface area (Å²) in [5.41, 5.74) is 2.35. The fraction of sp³-hybridized carbons (Fsp3) is 0.308. The molecule has 1 heterocycles. The number of aromatic nitrogens is 1. The summed E-state index contributed by atoms with van der Waals surface area (Å²) < 4.78 is 26.9. The third kappa shape index (κ3) is 3.43. The van der Waals surface area contributed by atoms with Gasteiger partial charge in [0.1, 0.15) is 5.01 Å². The van der Waals surface area contributed by atoms with Gasteiger partial charge < -0.3 is 5.11 Å². The zero-order valence-electron chi connectivity index (χ0n) is 11.3. The van der Waals surface area contributed by atoms with Crippen molar-refractivity contribution in [1.29, 1.82) is 0 Å². The van der Waals surface area contributed by atoms with Crippen LogP contribution in [0.5, 0.6) is 0 Å². The highest BCUT2D eigenvalue weighted by atomic mass is 32.2. The minimum Gasteiger partial charge on any atom is -0.392 e. The van der Waals surface area contributed by atoms with Crippen LogP contribution in [0.2, 0.25) is 0 Å². The molecule has 5 nitrogen and oxygen atoms in total. The molecular formula is C13H16N2O3S2. The van der Waals surface area contributed by atoms with E-state index in [2.05, 4.69) is 9.71 Å². The Balaban J connectivity index is 2.17. The largest absolute Gasteiger partial charge is 0.392 e. The van der Waals surface area contributed by atoms with Gasteiger partial charge in [-0.2, -0.15) is 0 Å². The van der Waals surface area contributed by atoms with E-state index in [0.717, 1.165) is 16.3 Å². The average molecular weight is 312 g/mol. The monoisotopic (exact) mass is 312 g/mol. The van der Waals surface area contributed by atoms with Gasteiger partial charge in [-0.25, -0.2) is 18.1 Å². The van der Waals surface area contributed by atoms with Crippen LogP contribution in [0.4, 0.5) is 0 Å². The predicted octanol–water partition coefficient (Wildman–Crippen LogP) is 1.73. The first-order valence-electron chi connectivity index (χ1n) is 6.03. The van der Waals surface area contributed by atoms with Crippen LogP contribution in [-0.4, -0.2) is 18.5 Å². The molecule has 0 bridgehead atoms. The van der Waals surface area contributed by atoms with E-state index in [1.807, 2.05) is 19.2 Å². The Bertz CT molecular complexity index is 708. The SMILES string of the molecule is Cc1csc(CNS(=O)(=O)c2ccc(C)c(CO)c2)n1. The molecule has 0 spiro atoms. The number of benzene rings is 1. The third-order valence-corrected chi connectivity index (χ3v) is 5.25. The van der Waals surface area contributed by atoms with Crippen molar-refractivity contribution < 1.29 is 13.5 Å². The van der Waals surface area contributed by atoms with Gasteiger partial charge in [0.2, 0.25) is 10.0 Å². The van der Waals surface area contributed by atoms with E-state index in [1.165, 1.54) is 23.5 Å². The number of rotatable bonds is 5. The van der Waals surface area contributed by atoms with E-state index in [4.69, 9.17) is 0 Å². The molecule has 0 aliphatic heterocycles. The molecule has 0 fully saturated rings. The van der Waals surface area contributed by atoms with Gasteiger partial charge in [-0.05, 0) is 37.1 Å². The Labute approximate surface area is 122 Å². The van der Waals surface area contributed by atoms with E-state index < -0.39 is 10.0 Å². The normalized spacial score (nSPS) is 11.8. The zero-order chi connectivity index (χ0) is 14.8. The molecule has 0 saturated carbocycles. The first kappa shape index (κ1) is 15.1. The van der Waals surface area contributed by atoms with Gasteiger partial charge in [0, 0.05) is 11.1 Å². The predicted molar refractivity (Wildman–Crippen MR) is 78.0 cm³/mol. The Hall–Kier alpha value is -1.28. The molecule has 2 aromatic rings. The quantitative estimate of drug-likeness (QED) is 0.881. The molecule has 0 unspecified atom stereocenters. The first-order valence-corrected chi connectivity index (χ1v) is 8.40. The van der Waals surface area contributed by atoms with E-state index in [1.54, 1.807) is 6.07 Å². The molecule has 108 valence electrons. The van der Waals surface area contributed by atoms with Crippen molar-refractivity contribution in [2.24, 2.45) is 0 Å². The number of sulfonamides is 1. The lowest BCUT2D eigenvalue weighted by atomic mass is 10.1. The lowest BCUT2D eigenvalue weighted by Gasteiger charge is -2.08. The summed E-state index contributed by atoms with van der Waals surface area (Å²) in [6.07, 6.45) is 0. The molecule has 0 atom stereocenters. The Morgan fingerprint density at radius 2 is 2.10 bits per heavy atom. The number of hydrogen-bond acceptors (Lipinski definition) is 5. The smallest absolute Gasteiger partial charge is 0.240 e. The molecule has 1 aromatic carbocycles. The van der Waals surface area contributed by atoms with Crippen molar-refractivity contribution in [3.05, 3.63) is 45.4 Å². The maximum atomic E-state index is 12.2. The van der Waals surface area contributed by atoms with Gasteiger partial charge in [-0.15, -0.1) is 11.3 Å². The first-order chi connectivity index (χ1) is 9.42. The number of thiazole rings is 1. The number of aryl methyl sites for hydroxylation is 2. The van der Waals surface area contributed by atoms with Crippen LogP contribution >= 0.6 is 11.3 Å². The second-order valence-corrected chi connectivity index (χ2v) is 7.16. The maximum Gasteiger partial charge on any atom is 0.240 e. The fourth-order valence-corrected chi connectivity index (χ4v) is 3.55. The number of nitrogens with one attached hydrogen (secondary N) is 1. The highest BCUT2D eigenvalue weighted by Gasteiger charge is 2.15. The molecule has 7 heteroatoms. The summed E-state index contributed by atoms with van der Waals surface area (Å²) in [5.74, 6) is 0. The number of aliphatic hydroxyl groups is 1. The summed E-state index contributed by atoms with van der Waals surface area (Å²) >= 11 is 1.42. The molecular weight excluding hydrogens is 296 g/mol. The van der Waals surface area contributed by atoms with E-state index in [-0.39, 0.29) is 18.0 Å². The molecule has 1 aromatic heterocycles. The number of aliphatic hydroxyl groups excluding tert-OH is 1. The third-order valence-electron chi connectivity index (χ3n) is 2.88. The lowest BCUT2D eigenvalue weighted by Crippen LogP contribution is -2.23. The van der Waals surface area contributed by atoms with Crippen LogP contribution < -0.4 is 4.72 Å². The summed E-state index contributed by atoms with van der Waals surface area (Å²) in [6, 6.07) is 4.71. The molecule has 0 saturated heterocycles. The van der Waals surface area contributed by atoms with Crippen molar-refractivity contribution in [2.75, 3.05) is 0 Å². The van der Waals surface area contributed by atoms with Gasteiger partial charge in [0.15, 0.2) is 0 Å². The van der Waals surface area contributed by atoms with Crippen LogP contribution in [0, 0.1) is 13.8 Å². The molecule has 2 N–H and O–H groups in total. The highest BCUT2D eigenvalue weighted by molar-refractivity contribution is 7.89. The minimum atomic E-state index is -3.59. The van der Waals surface area contributed by atoms with Crippen molar-refractivity contribution in [3.8, 4) is 0 Å². The molecule has 0 radical (unpaired) electrons. The summed E-state index contributed by atoms with van der Waals surface area (Å²) in [7, 11) is -3.59. The van der Waals surface area contributed by atoms with Crippen molar-refractivity contribution in [2.45, 2.75) is 31.9 Å². The molecule has 0 amide bonds. The summed E-state index contributed by atoms with van der Waals surface area (Å²) in [5, 5.41) is 11.8. The van der Waals surface area contributed by atoms with Crippen molar-refractivity contribution >= 4 is 21.4 Å². The summed E-state index contributed by atoms with van der Waals surface area (Å²) in [6.45, 7) is 3.68. The van der Waals surface area contributed by atoms with Crippen LogP contribution in [0.25, 0.3) is 0 Å². The van der Waals surface area contributed by atoms with E-state index in [9.17, 15) is 13.5 Å². The second kappa shape index (κ2) is 6.01. The maximum absolute atomic E-state index is 12.2. The molecule has 0 aliphatic carbocycles. The van der Waals surface area contributed by atoms with Crippen LogP contribution in [-0.2, 0) is 23.2 Å². The molecule has 20 heavy (non-hydrogen) atoms. The second-order valence-electron chi connectivity index (χ2n) is 4.45. The summed E-state index contributed by atoms with van der Waals surface area (Å²) in [4.78, 5) is 4.36. The minimum absolute atomic E-state index is 0.153. The van der Waals surface area contributed by atoms with Crippen molar-refractivity contribution in [1.82, 2.24) is 9.71 Å². The lowest BCUT2D eigenvalue weighted by molar-refractivity contribution is 0.280. The van der Waals surface area contributed by atoms with Gasteiger partial charge in [0.25, 0.3) is 0 Å². The van der Waals surface area contributed by atoms with Gasteiger partial charge in [-0.1, -0.05) is 6.07 Å². The van der Waals surface area contributed by atoms with Gasteiger partial charge in [-0.3, -0.25) is 0 Å². The zero-order valence-corrected chi connectivity index (χ0v) is 12.9. The average Bonchev–Trinajstić information content (AvgIpc) is 2.83. The van der Waals surface area contributed by atoms with Crippen molar-refractivity contribution in [3.63, 3.8) is 0 Å². The fourth-order valence-electron chi connectivity index (χ4n) is 1.71. The molecule has 0 aliphatic rings. The number of nitrogens with zero attached hydrogens (tertiary/aromatic N) is 1. The van der Waals surface area contributed by atoms with Gasteiger partial charge in [0.05, 0.1) is 18.0 Å². The number of hydrogen-bond donors (Lipinski definition) is 2. The van der Waals surface area contributed by atoms with Crippen LogP contribution in [0.15, 0.2) is 28.5 Å². The Morgan fingerprint density at radius 1 is 1.35 bits per heavy atom. The highest BCUT2D eigenvalue weighted by Crippen LogP contribution is 2.16. The van der Waals surface area contributed by atoms with Crippen LogP contribution in [0.1, 0.15) is 21.8 Å². The van der Waals surface area contributed by atoms with E-state index >= 15 is 0 Å². The Morgan fingerprint density at radius 3 is 2.70 bits per heavy atom.